The summed E-state index contributed by atoms with van der Waals surface area (Å²) in [6.45, 7) is 2.08. The van der Waals surface area contributed by atoms with Crippen LogP contribution >= 0.6 is 0 Å². The van der Waals surface area contributed by atoms with Gasteiger partial charge in [-0.1, -0.05) is 25.5 Å². The third-order valence-electron chi connectivity index (χ3n) is 2.36. The quantitative estimate of drug-likeness (QED) is 0.629. The molecule has 0 fully saturated rings. The van der Waals surface area contributed by atoms with Gasteiger partial charge >= 0.3 is 5.97 Å². The van der Waals surface area contributed by atoms with Crippen molar-refractivity contribution in [1.82, 2.24) is 0 Å². The summed E-state index contributed by atoms with van der Waals surface area (Å²) in [7, 11) is 1.55. The number of para-hydroxylation sites is 1. The van der Waals surface area contributed by atoms with Gasteiger partial charge in [0, 0.05) is 6.42 Å². The number of carboxylic acids is 1. The Bertz CT molecular complexity index is 413. The molecule has 17 heavy (non-hydrogen) atoms. The second-order valence-corrected chi connectivity index (χ2v) is 3.64. The molecule has 92 valence electrons. The lowest BCUT2D eigenvalue weighted by atomic mass is 10.2. The number of ether oxygens (including phenoxy) is 1. The van der Waals surface area contributed by atoms with E-state index in [1.165, 1.54) is 6.07 Å². The standard InChI is InChI=1S/C13H17NO3/c1-3-4-9-12(17-2)14-11-8-6-5-7-10(11)13(15)16/h5-8H,3-4,9H2,1-2H3,(H,15,16). The molecule has 0 amide bonds. The minimum absolute atomic E-state index is 0.193. The molecular formula is C13H17NO3. The summed E-state index contributed by atoms with van der Waals surface area (Å²) >= 11 is 0. The van der Waals surface area contributed by atoms with Crippen molar-refractivity contribution in [3.63, 3.8) is 0 Å². The summed E-state index contributed by atoms with van der Waals surface area (Å²) in [6.07, 6.45) is 2.74. The van der Waals surface area contributed by atoms with Gasteiger partial charge in [0.15, 0.2) is 5.90 Å². The predicted molar refractivity (Wildman–Crippen MR) is 67.0 cm³/mol. The molecule has 0 saturated heterocycles. The van der Waals surface area contributed by atoms with E-state index >= 15 is 0 Å². The Morgan fingerprint density at radius 2 is 2.12 bits per heavy atom. The summed E-state index contributed by atoms with van der Waals surface area (Å²) in [5, 5.41) is 9.02. The lowest BCUT2D eigenvalue weighted by Gasteiger charge is -2.05. The van der Waals surface area contributed by atoms with Gasteiger partial charge in [0.2, 0.25) is 0 Å². The first-order valence-corrected chi connectivity index (χ1v) is 5.63. The van der Waals surface area contributed by atoms with Crippen molar-refractivity contribution >= 4 is 17.6 Å². The van der Waals surface area contributed by atoms with Crippen LogP contribution in [0.3, 0.4) is 0 Å². The van der Waals surface area contributed by atoms with Crippen LogP contribution in [-0.2, 0) is 4.74 Å². The number of unbranched alkanes of at least 4 members (excludes halogenated alkanes) is 1. The van der Waals surface area contributed by atoms with Gasteiger partial charge in [0.25, 0.3) is 0 Å². The average Bonchev–Trinajstić information content (AvgIpc) is 2.34. The first-order chi connectivity index (χ1) is 8.19. The van der Waals surface area contributed by atoms with Crippen molar-refractivity contribution in [3.05, 3.63) is 29.8 Å². The Morgan fingerprint density at radius 1 is 1.41 bits per heavy atom. The van der Waals surface area contributed by atoms with Crippen molar-refractivity contribution in [2.24, 2.45) is 4.99 Å². The third kappa shape index (κ3) is 3.90. The fourth-order valence-electron chi connectivity index (χ4n) is 1.42. The molecule has 1 rings (SSSR count). The Hall–Kier alpha value is -1.84. The van der Waals surface area contributed by atoms with E-state index in [4.69, 9.17) is 9.84 Å². The van der Waals surface area contributed by atoms with Crippen LogP contribution in [0.25, 0.3) is 0 Å². The number of carbonyl (C=O) groups is 1. The number of hydrogen-bond donors (Lipinski definition) is 1. The lowest BCUT2D eigenvalue weighted by molar-refractivity contribution is 0.0698. The smallest absolute Gasteiger partial charge is 0.337 e. The van der Waals surface area contributed by atoms with Crippen LogP contribution in [0.15, 0.2) is 29.3 Å². The second-order valence-electron chi connectivity index (χ2n) is 3.64. The van der Waals surface area contributed by atoms with Crippen LogP contribution in [0.5, 0.6) is 0 Å². The molecular weight excluding hydrogens is 218 g/mol. The molecule has 0 saturated carbocycles. The second kappa shape index (κ2) is 6.68. The third-order valence-corrected chi connectivity index (χ3v) is 2.36. The summed E-state index contributed by atoms with van der Waals surface area (Å²) in [5.74, 6) is -0.407. The SMILES string of the molecule is CCCCC(=Nc1ccccc1C(=O)O)OC. The zero-order valence-corrected chi connectivity index (χ0v) is 10.1. The fraction of sp³-hybridized carbons (Fsp3) is 0.385. The lowest BCUT2D eigenvalue weighted by Crippen LogP contribution is -2.02. The van der Waals surface area contributed by atoms with Gasteiger partial charge in [-0.05, 0) is 18.6 Å². The van der Waals surface area contributed by atoms with Crippen molar-refractivity contribution < 1.29 is 14.6 Å². The minimum Gasteiger partial charge on any atom is -0.484 e. The molecule has 0 unspecified atom stereocenters. The van der Waals surface area contributed by atoms with E-state index in [1.54, 1.807) is 25.3 Å². The molecule has 0 bridgehead atoms. The number of benzene rings is 1. The largest absolute Gasteiger partial charge is 0.484 e. The van der Waals surface area contributed by atoms with Gasteiger partial charge in [0.05, 0.1) is 18.4 Å². The normalized spacial score (nSPS) is 11.3. The molecule has 0 heterocycles. The van der Waals surface area contributed by atoms with E-state index < -0.39 is 5.97 Å². The van der Waals surface area contributed by atoms with Crippen LogP contribution in [0, 0.1) is 0 Å². The average molecular weight is 235 g/mol. The monoisotopic (exact) mass is 235 g/mol. The van der Waals surface area contributed by atoms with E-state index in [-0.39, 0.29) is 5.56 Å². The van der Waals surface area contributed by atoms with Crippen molar-refractivity contribution in [1.29, 1.82) is 0 Å². The van der Waals surface area contributed by atoms with Crippen molar-refractivity contribution in [2.45, 2.75) is 26.2 Å². The molecule has 0 aliphatic rings. The number of aliphatic imine (C=N–C) groups is 1. The zero-order chi connectivity index (χ0) is 12.7. The summed E-state index contributed by atoms with van der Waals surface area (Å²) < 4.78 is 5.15. The molecule has 4 heteroatoms. The van der Waals surface area contributed by atoms with Crippen molar-refractivity contribution in [2.75, 3.05) is 7.11 Å². The molecule has 4 nitrogen and oxygen atoms in total. The van der Waals surface area contributed by atoms with Gasteiger partial charge in [-0.3, -0.25) is 0 Å². The Morgan fingerprint density at radius 3 is 2.71 bits per heavy atom. The number of rotatable bonds is 5. The highest BCUT2D eigenvalue weighted by Crippen LogP contribution is 2.19. The van der Waals surface area contributed by atoms with Crippen LogP contribution in [-0.4, -0.2) is 24.1 Å². The number of aromatic carboxylic acids is 1. The van der Waals surface area contributed by atoms with Gasteiger partial charge in [-0.25, -0.2) is 9.79 Å². The van der Waals surface area contributed by atoms with Crippen LogP contribution < -0.4 is 0 Å². The van der Waals surface area contributed by atoms with E-state index in [9.17, 15) is 4.79 Å². The number of carboxylic acid groups (broad SMARTS) is 1. The highest BCUT2D eigenvalue weighted by atomic mass is 16.5. The zero-order valence-electron chi connectivity index (χ0n) is 10.1. The van der Waals surface area contributed by atoms with Crippen LogP contribution in [0.4, 0.5) is 5.69 Å². The summed E-state index contributed by atoms with van der Waals surface area (Å²) in [5.41, 5.74) is 0.631. The summed E-state index contributed by atoms with van der Waals surface area (Å²) in [6, 6.07) is 6.65. The van der Waals surface area contributed by atoms with Gasteiger partial charge in [-0.2, -0.15) is 0 Å². The predicted octanol–water partition coefficient (Wildman–Crippen LogP) is 3.25. The van der Waals surface area contributed by atoms with Gasteiger partial charge in [0.1, 0.15) is 0 Å². The number of methoxy groups -OCH3 is 1. The Balaban J connectivity index is 2.98. The molecule has 1 aromatic carbocycles. The molecule has 0 atom stereocenters. The number of nitrogens with zero attached hydrogens (tertiary/aromatic N) is 1. The first kappa shape index (κ1) is 13.2. The molecule has 1 N–H and O–H groups in total. The molecule has 0 aliphatic carbocycles. The Labute approximate surface area is 101 Å². The Kier molecular flexibility index (Phi) is 5.20. The summed E-state index contributed by atoms with van der Waals surface area (Å²) in [4.78, 5) is 15.2. The highest BCUT2D eigenvalue weighted by Gasteiger charge is 2.09. The fourth-order valence-corrected chi connectivity index (χ4v) is 1.42. The molecule has 0 aromatic heterocycles. The maximum absolute atomic E-state index is 11.0. The van der Waals surface area contributed by atoms with Crippen LogP contribution in [0.1, 0.15) is 36.5 Å². The minimum atomic E-state index is -0.977. The first-order valence-electron chi connectivity index (χ1n) is 5.63. The molecule has 0 spiro atoms. The topological polar surface area (TPSA) is 58.9 Å². The molecule has 1 aromatic rings. The van der Waals surface area contributed by atoms with E-state index in [2.05, 4.69) is 11.9 Å². The molecule has 0 radical (unpaired) electrons. The van der Waals surface area contributed by atoms with Crippen molar-refractivity contribution in [3.8, 4) is 0 Å². The number of hydrogen-bond acceptors (Lipinski definition) is 3. The highest BCUT2D eigenvalue weighted by molar-refractivity contribution is 5.94. The maximum Gasteiger partial charge on any atom is 0.337 e. The molecule has 0 aliphatic heterocycles. The van der Waals surface area contributed by atoms with Gasteiger partial charge < -0.3 is 9.84 Å². The van der Waals surface area contributed by atoms with E-state index in [0.717, 1.165) is 19.3 Å². The maximum atomic E-state index is 11.0. The van der Waals surface area contributed by atoms with Gasteiger partial charge in [-0.15, -0.1) is 0 Å². The van der Waals surface area contributed by atoms with E-state index in [0.29, 0.717) is 11.6 Å². The van der Waals surface area contributed by atoms with Crippen LogP contribution in [0.2, 0.25) is 0 Å². The van der Waals surface area contributed by atoms with E-state index in [1.807, 2.05) is 0 Å².